The minimum absolute atomic E-state index is 0.274. The average Bonchev–Trinajstić information content (AvgIpc) is 2.38. The molecule has 2 aromatic rings. The highest BCUT2D eigenvalue weighted by Gasteiger charge is 2.10. The first-order valence-corrected chi connectivity index (χ1v) is 6.40. The monoisotopic (exact) mass is 277 g/mol. The van der Waals surface area contributed by atoms with Gasteiger partial charge < -0.3 is 10.5 Å². The third-order valence-corrected chi connectivity index (χ3v) is 3.15. The molecule has 20 heavy (non-hydrogen) atoms. The van der Waals surface area contributed by atoms with E-state index in [1.807, 2.05) is 6.92 Å². The van der Waals surface area contributed by atoms with Crippen molar-refractivity contribution in [2.45, 2.75) is 26.5 Å². The zero-order valence-corrected chi connectivity index (χ0v) is 11.5. The molecule has 106 valence electrons. The largest absolute Gasteiger partial charge is 0.489 e. The lowest BCUT2D eigenvalue weighted by atomic mass is 10.1. The number of aryl methyl sites for hydroxylation is 1. The van der Waals surface area contributed by atoms with Crippen molar-refractivity contribution >= 4 is 0 Å². The molecule has 4 heteroatoms. The van der Waals surface area contributed by atoms with Gasteiger partial charge in [-0.15, -0.1) is 0 Å². The first-order chi connectivity index (χ1) is 9.47. The Bertz CT molecular complexity index is 611. The minimum Gasteiger partial charge on any atom is -0.489 e. The van der Waals surface area contributed by atoms with Crippen molar-refractivity contribution in [1.82, 2.24) is 0 Å². The van der Waals surface area contributed by atoms with Crippen molar-refractivity contribution < 1.29 is 13.5 Å². The van der Waals surface area contributed by atoms with Crippen LogP contribution in [0.1, 0.15) is 29.7 Å². The molecule has 0 aliphatic carbocycles. The van der Waals surface area contributed by atoms with E-state index in [9.17, 15) is 8.78 Å². The van der Waals surface area contributed by atoms with E-state index in [4.69, 9.17) is 10.5 Å². The van der Waals surface area contributed by atoms with Gasteiger partial charge in [-0.05, 0) is 55.3 Å². The second-order valence-electron chi connectivity index (χ2n) is 4.83. The van der Waals surface area contributed by atoms with Crippen LogP contribution in [-0.2, 0) is 6.61 Å². The molecule has 0 aliphatic heterocycles. The zero-order valence-electron chi connectivity index (χ0n) is 11.5. The van der Waals surface area contributed by atoms with Gasteiger partial charge in [-0.2, -0.15) is 0 Å². The van der Waals surface area contributed by atoms with Crippen LogP contribution in [0.3, 0.4) is 0 Å². The molecule has 0 saturated heterocycles. The zero-order chi connectivity index (χ0) is 14.7. The molecule has 1 unspecified atom stereocenters. The van der Waals surface area contributed by atoms with E-state index >= 15 is 0 Å². The summed E-state index contributed by atoms with van der Waals surface area (Å²) in [6.07, 6.45) is 0. The smallest absolute Gasteiger partial charge is 0.124 e. The molecule has 2 nitrogen and oxygen atoms in total. The Balaban J connectivity index is 2.18. The topological polar surface area (TPSA) is 35.2 Å². The first kappa shape index (κ1) is 14.5. The summed E-state index contributed by atoms with van der Waals surface area (Å²) in [5.41, 5.74) is 8.12. The van der Waals surface area contributed by atoms with Crippen LogP contribution >= 0.6 is 0 Å². The molecule has 0 aromatic heterocycles. The second-order valence-corrected chi connectivity index (χ2v) is 4.83. The molecular weight excluding hydrogens is 260 g/mol. The van der Waals surface area contributed by atoms with E-state index in [-0.39, 0.29) is 24.3 Å². The fourth-order valence-electron chi connectivity index (χ4n) is 1.98. The number of ether oxygens (including phenoxy) is 1. The third kappa shape index (κ3) is 3.33. The number of nitrogens with two attached hydrogens (primary N) is 1. The lowest BCUT2D eigenvalue weighted by molar-refractivity contribution is 0.300. The van der Waals surface area contributed by atoms with Gasteiger partial charge in [0.15, 0.2) is 0 Å². The highest BCUT2D eigenvalue weighted by atomic mass is 19.1. The fraction of sp³-hybridized carbons (Fsp3) is 0.250. The van der Waals surface area contributed by atoms with Crippen LogP contribution in [0.5, 0.6) is 5.75 Å². The molecule has 0 bridgehead atoms. The van der Waals surface area contributed by atoms with Gasteiger partial charge >= 0.3 is 0 Å². The summed E-state index contributed by atoms with van der Waals surface area (Å²) in [4.78, 5) is 0. The Kier molecular flexibility index (Phi) is 4.35. The highest BCUT2D eigenvalue weighted by molar-refractivity contribution is 5.36. The Labute approximate surface area is 117 Å². The number of hydrogen-bond donors (Lipinski definition) is 1. The minimum atomic E-state index is -0.345. The van der Waals surface area contributed by atoms with Gasteiger partial charge in [-0.1, -0.05) is 6.07 Å². The van der Waals surface area contributed by atoms with E-state index in [0.717, 1.165) is 11.1 Å². The molecule has 1 atom stereocenters. The van der Waals surface area contributed by atoms with Crippen molar-refractivity contribution in [3.63, 3.8) is 0 Å². The molecule has 0 aliphatic rings. The molecule has 0 radical (unpaired) electrons. The fourth-order valence-corrected chi connectivity index (χ4v) is 1.98. The third-order valence-electron chi connectivity index (χ3n) is 3.15. The van der Waals surface area contributed by atoms with Crippen LogP contribution in [0.15, 0.2) is 36.4 Å². The predicted octanol–water partition coefficient (Wildman–Crippen LogP) is 3.87. The lowest BCUT2D eigenvalue weighted by Gasteiger charge is -2.15. The van der Waals surface area contributed by atoms with Crippen molar-refractivity contribution in [3.8, 4) is 5.75 Å². The summed E-state index contributed by atoms with van der Waals surface area (Å²) in [7, 11) is 0. The summed E-state index contributed by atoms with van der Waals surface area (Å²) >= 11 is 0. The molecule has 0 heterocycles. The van der Waals surface area contributed by atoms with Crippen LogP contribution in [-0.4, -0.2) is 0 Å². The molecule has 2 aromatic carbocycles. The Morgan fingerprint density at radius 2 is 1.75 bits per heavy atom. The van der Waals surface area contributed by atoms with E-state index in [0.29, 0.717) is 11.3 Å². The number of halogens is 2. The average molecular weight is 277 g/mol. The van der Waals surface area contributed by atoms with E-state index < -0.39 is 0 Å². The summed E-state index contributed by atoms with van der Waals surface area (Å²) in [6.45, 7) is 3.88. The van der Waals surface area contributed by atoms with Gasteiger partial charge in [0.05, 0.1) is 0 Å². The number of rotatable bonds is 4. The van der Waals surface area contributed by atoms with Gasteiger partial charge in [0, 0.05) is 11.6 Å². The van der Waals surface area contributed by atoms with E-state index in [2.05, 4.69) is 0 Å². The second kappa shape index (κ2) is 6.01. The van der Waals surface area contributed by atoms with Crippen LogP contribution in [0.4, 0.5) is 8.78 Å². The summed E-state index contributed by atoms with van der Waals surface area (Å²) in [6, 6.07) is 8.47. The van der Waals surface area contributed by atoms with Crippen LogP contribution < -0.4 is 10.5 Å². The van der Waals surface area contributed by atoms with Gasteiger partial charge in [0.25, 0.3) is 0 Å². The van der Waals surface area contributed by atoms with Crippen molar-refractivity contribution in [1.29, 1.82) is 0 Å². The Morgan fingerprint density at radius 1 is 1.10 bits per heavy atom. The predicted molar refractivity (Wildman–Crippen MR) is 74.5 cm³/mol. The Hall–Kier alpha value is -1.94. The van der Waals surface area contributed by atoms with Crippen molar-refractivity contribution in [3.05, 3.63) is 64.7 Å². The number of benzene rings is 2. The van der Waals surface area contributed by atoms with Crippen LogP contribution in [0.25, 0.3) is 0 Å². The molecule has 0 spiro atoms. The van der Waals surface area contributed by atoms with Gasteiger partial charge in [0.2, 0.25) is 0 Å². The number of hydrogen-bond acceptors (Lipinski definition) is 2. The van der Waals surface area contributed by atoms with E-state index in [1.54, 1.807) is 19.1 Å². The summed E-state index contributed by atoms with van der Waals surface area (Å²) in [5, 5.41) is 0. The molecule has 2 rings (SSSR count). The molecule has 0 saturated carbocycles. The molecule has 0 fully saturated rings. The molecular formula is C16H17F2NO. The standard InChI is InChI=1S/C16H17F2NO/c1-10-7-13(17)4-3-12(10)9-20-16-6-5-14(18)8-15(16)11(2)19/h3-8,11H,9,19H2,1-2H3. The maximum Gasteiger partial charge on any atom is 0.124 e. The molecule has 0 amide bonds. The molecule has 2 N–H and O–H groups in total. The highest BCUT2D eigenvalue weighted by Crippen LogP contribution is 2.26. The SMILES string of the molecule is Cc1cc(F)ccc1COc1ccc(F)cc1C(C)N. The van der Waals surface area contributed by atoms with Crippen molar-refractivity contribution in [2.24, 2.45) is 5.73 Å². The normalized spacial score (nSPS) is 12.2. The van der Waals surface area contributed by atoms with Crippen molar-refractivity contribution in [2.75, 3.05) is 0 Å². The maximum atomic E-state index is 13.2. The lowest BCUT2D eigenvalue weighted by Crippen LogP contribution is -2.09. The Morgan fingerprint density at radius 3 is 2.40 bits per heavy atom. The quantitative estimate of drug-likeness (QED) is 0.920. The van der Waals surface area contributed by atoms with Gasteiger partial charge in [-0.3, -0.25) is 0 Å². The van der Waals surface area contributed by atoms with Crippen LogP contribution in [0.2, 0.25) is 0 Å². The first-order valence-electron chi connectivity index (χ1n) is 6.40. The van der Waals surface area contributed by atoms with E-state index in [1.165, 1.54) is 24.3 Å². The summed E-state index contributed by atoms with van der Waals surface area (Å²) < 4.78 is 31.9. The maximum absolute atomic E-state index is 13.2. The van der Waals surface area contributed by atoms with Gasteiger partial charge in [-0.25, -0.2) is 8.78 Å². The van der Waals surface area contributed by atoms with Crippen LogP contribution in [0, 0.1) is 18.6 Å². The van der Waals surface area contributed by atoms with Gasteiger partial charge in [0.1, 0.15) is 24.0 Å². The summed E-state index contributed by atoms with van der Waals surface area (Å²) in [5.74, 6) is -0.0722.